The lowest BCUT2D eigenvalue weighted by molar-refractivity contribution is 1.24. The minimum atomic E-state index is -0.294. The highest BCUT2D eigenvalue weighted by atomic mass is 79.9. The summed E-state index contributed by atoms with van der Waals surface area (Å²) in [6.07, 6.45) is -0.756. The summed E-state index contributed by atoms with van der Waals surface area (Å²) in [4.78, 5) is 9.89. The Morgan fingerprint density at radius 1 is 1.42 bits per heavy atom. The van der Waals surface area contributed by atoms with Gasteiger partial charge in [-0.15, -0.1) is 0 Å². The van der Waals surface area contributed by atoms with E-state index in [1.807, 2.05) is 0 Å². The third-order valence-corrected chi connectivity index (χ3v) is 1.58. The second-order valence-electron chi connectivity index (χ2n) is 1.96. The Balaban J connectivity index is 2.74. The van der Waals surface area contributed by atoms with Crippen molar-refractivity contribution in [2.45, 2.75) is 0 Å². The minimum absolute atomic E-state index is 0.0591. The van der Waals surface area contributed by atoms with Crippen LogP contribution >= 0.6 is 15.9 Å². The molecule has 0 aromatic carbocycles. The SMILES string of the molecule is [2H]c1nc(-c2c([2H])c([2H])nc(Br)c2[2H])[nH]c1[2H]. The standard InChI is InChI=1S/C8H6BrN3/c9-7-5-6(1-2-10-7)8-11-3-4-12-8/h1-5H,(H,11,12)/i1D,2D,3D,4D,5D. The van der Waals surface area contributed by atoms with Crippen LogP contribution < -0.4 is 0 Å². The molecule has 0 fully saturated rings. The van der Waals surface area contributed by atoms with Crippen molar-refractivity contribution in [3.63, 3.8) is 0 Å². The van der Waals surface area contributed by atoms with Crippen LogP contribution in [-0.2, 0) is 0 Å². The summed E-state index contributed by atoms with van der Waals surface area (Å²) in [7, 11) is 0. The van der Waals surface area contributed by atoms with Crippen molar-refractivity contribution in [3.8, 4) is 11.4 Å². The maximum Gasteiger partial charge on any atom is 0.137 e. The first-order chi connectivity index (χ1) is 7.91. The summed E-state index contributed by atoms with van der Waals surface area (Å²) in [5.41, 5.74) is 0.0591. The predicted molar refractivity (Wildman–Crippen MR) is 49.5 cm³/mol. The van der Waals surface area contributed by atoms with Crippen LogP contribution in [0.5, 0.6) is 0 Å². The fraction of sp³-hybridized carbons (Fsp3) is 0. The molecule has 0 aliphatic carbocycles. The molecule has 0 aliphatic heterocycles. The van der Waals surface area contributed by atoms with Gasteiger partial charge in [0.1, 0.15) is 10.4 Å². The first-order valence-electron chi connectivity index (χ1n) is 5.58. The first kappa shape index (κ1) is 3.70. The molecule has 0 unspecified atom stereocenters. The predicted octanol–water partition coefficient (Wildman–Crippen LogP) is 2.23. The zero-order chi connectivity index (χ0) is 12.7. The van der Waals surface area contributed by atoms with Crippen molar-refractivity contribution >= 4 is 15.9 Å². The Bertz CT molecular complexity index is 552. The molecule has 0 aliphatic rings. The second kappa shape index (κ2) is 3.06. The van der Waals surface area contributed by atoms with Crippen LogP contribution in [0, 0.1) is 0 Å². The zero-order valence-corrected chi connectivity index (χ0v) is 7.36. The van der Waals surface area contributed by atoms with Gasteiger partial charge >= 0.3 is 0 Å². The largest absolute Gasteiger partial charge is 0.345 e. The molecule has 2 aromatic rings. The fourth-order valence-electron chi connectivity index (χ4n) is 0.731. The molecule has 0 atom stereocenters. The van der Waals surface area contributed by atoms with E-state index in [9.17, 15) is 0 Å². The number of aromatic amines is 1. The van der Waals surface area contributed by atoms with Crippen molar-refractivity contribution in [1.82, 2.24) is 15.0 Å². The number of halogens is 1. The maximum absolute atomic E-state index is 7.75. The highest BCUT2D eigenvalue weighted by molar-refractivity contribution is 9.10. The van der Waals surface area contributed by atoms with Crippen LogP contribution in [0.25, 0.3) is 11.4 Å². The molecular formula is C8H6BrN3. The van der Waals surface area contributed by atoms with E-state index in [0.717, 1.165) is 0 Å². The van der Waals surface area contributed by atoms with Gasteiger partial charge in [-0.1, -0.05) is 0 Å². The maximum atomic E-state index is 7.75. The number of aromatic nitrogens is 3. The molecule has 0 bridgehead atoms. The minimum Gasteiger partial charge on any atom is -0.345 e. The Morgan fingerprint density at radius 3 is 3.08 bits per heavy atom. The van der Waals surface area contributed by atoms with Gasteiger partial charge in [-0.3, -0.25) is 0 Å². The van der Waals surface area contributed by atoms with Gasteiger partial charge in [0.15, 0.2) is 0 Å². The molecule has 2 aromatic heterocycles. The van der Waals surface area contributed by atoms with Gasteiger partial charge in [-0.05, 0) is 28.0 Å². The average Bonchev–Trinajstić information content (AvgIpc) is 2.57. The van der Waals surface area contributed by atoms with E-state index in [1.54, 1.807) is 0 Å². The van der Waals surface area contributed by atoms with E-state index >= 15 is 0 Å². The fourth-order valence-corrected chi connectivity index (χ4v) is 1.02. The number of hydrogen-bond donors (Lipinski definition) is 1. The lowest BCUT2D eigenvalue weighted by Gasteiger charge is -1.95. The van der Waals surface area contributed by atoms with E-state index in [2.05, 4.69) is 30.9 Å². The summed E-state index contributed by atoms with van der Waals surface area (Å²) in [6.45, 7) is 0. The van der Waals surface area contributed by atoms with Gasteiger partial charge in [-0.25, -0.2) is 9.97 Å². The van der Waals surface area contributed by atoms with Crippen molar-refractivity contribution in [2.24, 2.45) is 0 Å². The van der Waals surface area contributed by atoms with Crippen molar-refractivity contribution in [3.05, 3.63) is 35.2 Å². The molecule has 0 spiro atoms. The Hall–Kier alpha value is -1.16. The Labute approximate surface area is 85.0 Å². The van der Waals surface area contributed by atoms with Gasteiger partial charge in [0, 0.05) is 24.1 Å². The van der Waals surface area contributed by atoms with Crippen LogP contribution in [0.15, 0.2) is 35.2 Å². The molecule has 1 N–H and O–H groups in total. The zero-order valence-electron chi connectivity index (χ0n) is 10.8. The van der Waals surface area contributed by atoms with E-state index in [-0.39, 0.29) is 46.6 Å². The van der Waals surface area contributed by atoms with E-state index in [1.165, 1.54) is 0 Å². The van der Waals surface area contributed by atoms with E-state index in [4.69, 9.17) is 6.85 Å². The van der Waals surface area contributed by atoms with Crippen molar-refractivity contribution < 1.29 is 6.85 Å². The van der Waals surface area contributed by atoms with Crippen LogP contribution in [0.4, 0.5) is 0 Å². The number of H-pyrrole nitrogens is 1. The van der Waals surface area contributed by atoms with E-state index in [0.29, 0.717) is 0 Å². The quantitative estimate of drug-likeness (QED) is 0.762. The van der Waals surface area contributed by atoms with Crippen molar-refractivity contribution in [1.29, 1.82) is 0 Å². The lowest BCUT2D eigenvalue weighted by Crippen LogP contribution is -1.81. The number of imidazole rings is 1. The smallest absolute Gasteiger partial charge is 0.137 e. The number of pyridine rings is 1. The molecule has 2 rings (SSSR count). The van der Waals surface area contributed by atoms with Gasteiger partial charge in [0.05, 0.1) is 6.85 Å². The molecule has 12 heavy (non-hydrogen) atoms. The summed E-state index contributed by atoms with van der Waals surface area (Å²) in [5, 5.41) is 0. The molecule has 0 amide bonds. The third kappa shape index (κ3) is 1.38. The number of nitrogens with zero attached hydrogens (tertiary/aromatic N) is 2. The number of rotatable bonds is 1. The third-order valence-electron chi connectivity index (χ3n) is 1.20. The van der Waals surface area contributed by atoms with Gasteiger partial charge in [0.2, 0.25) is 0 Å². The molecule has 0 saturated carbocycles. The topological polar surface area (TPSA) is 41.6 Å². The first-order valence-corrected chi connectivity index (χ1v) is 3.88. The average molecular weight is 229 g/mol. The lowest BCUT2D eigenvalue weighted by atomic mass is 10.3. The second-order valence-corrected chi connectivity index (χ2v) is 2.71. The highest BCUT2D eigenvalue weighted by Gasteiger charge is 1.98. The number of nitrogens with one attached hydrogen (secondary N) is 1. The molecule has 2 heterocycles. The van der Waals surface area contributed by atoms with Gasteiger partial charge < -0.3 is 4.98 Å². The van der Waals surface area contributed by atoms with Crippen molar-refractivity contribution in [2.75, 3.05) is 0 Å². The molecule has 3 nitrogen and oxygen atoms in total. The van der Waals surface area contributed by atoms with Gasteiger partial charge in [0.25, 0.3) is 0 Å². The number of hydrogen-bond acceptors (Lipinski definition) is 2. The van der Waals surface area contributed by atoms with Crippen LogP contribution in [0.3, 0.4) is 0 Å². The van der Waals surface area contributed by atoms with Crippen LogP contribution in [-0.4, -0.2) is 15.0 Å². The summed E-state index contributed by atoms with van der Waals surface area (Å²) >= 11 is 3.02. The summed E-state index contributed by atoms with van der Waals surface area (Å²) < 4.78 is 37.7. The Kier molecular flexibility index (Phi) is 0.945. The summed E-state index contributed by atoms with van der Waals surface area (Å²) in [5.74, 6) is 0.0617. The van der Waals surface area contributed by atoms with Crippen LogP contribution in [0.2, 0.25) is 0 Å². The highest BCUT2D eigenvalue weighted by Crippen LogP contribution is 2.16. The normalized spacial score (nSPS) is 15.9. The van der Waals surface area contributed by atoms with E-state index < -0.39 is 0 Å². The summed E-state index contributed by atoms with van der Waals surface area (Å²) in [6, 6.07) is -0.355. The molecule has 0 radical (unpaired) electrons. The molecular weight excluding hydrogens is 218 g/mol. The monoisotopic (exact) mass is 228 g/mol. The molecule has 0 saturated heterocycles. The Morgan fingerprint density at radius 2 is 2.33 bits per heavy atom. The van der Waals surface area contributed by atoms with Crippen LogP contribution in [0.1, 0.15) is 6.85 Å². The van der Waals surface area contributed by atoms with Gasteiger partial charge in [-0.2, -0.15) is 0 Å². The molecule has 4 heteroatoms. The molecule has 60 valence electrons.